The van der Waals surface area contributed by atoms with E-state index in [2.05, 4.69) is 9.97 Å². The van der Waals surface area contributed by atoms with Gasteiger partial charge in [-0.25, -0.2) is 4.98 Å². The van der Waals surface area contributed by atoms with Crippen LogP contribution < -0.4 is 5.56 Å². The Bertz CT molecular complexity index is 998. The number of hydrogen-bond donors (Lipinski definition) is 1. The van der Waals surface area contributed by atoms with E-state index >= 15 is 0 Å². The van der Waals surface area contributed by atoms with Crippen LogP contribution in [0, 0.1) is 0 Å². The minimum Gasteiger partial charge on any atom is -0.443 e. The number of aromatic nitrogens is 2. The van der Waals surface area contributed by atoms with Crippen molar-refractivity contribution in [1.82, 2.24) is 9.97 Å². The first-order valence-electron chi connectivity index (χ1n) is 6.73. The molecule has 0 spiro atoms. The molecule has 4 nitrogen and oxygen atoms in total. The number of H-pyrrole nitrogens is 1. The molecule has 0 saturated heterocycles. The van der Waals surface area contributed by atoms with Gasteiger partial charge >= 0.3 is 0 Å². The molecule has 4 aromatic rings. The molecule has 4 heteroatoms. The first-order chi connectivity index (χ1) is 10.3. The summed E-state index contributed by atoms with van der Waals surface area (Å²) >= 11 is 0. The van der Waals surface area contributed by atoms with Gasteiger partial charge in [0.25, 0.3) is 5.56 Å². The fourth-order valence-corrected chi connectivity index (χ4v) is 2.55. The predicted octanol–water partition coefficient (Wildman–Crippen LogP) is 3.26. The van der Waals surface area contributed by atoms with Crippen molar-refractivity contribution in [3.05, 3.63) is 76.4 Å². The quantitative estimate of drug-likeness (QED) is 0.611. The molecule has 0 radical (unpaired) electrons. The lowest BCUT2D eigenvalue weighted by Gasteiger charge is -2.03. The van der Waals surface area contributed by atoms with Gasteiger partial charge in [0.15, 0.2) is 12.0 Å². The van der Waals surface area contributed by atoms with E-state index in [1.807, 2.05) is 48.5 Å². The van der Waals surface area contributed by atoms with Gasteiger partial charge in [-0.15, -0.1) is 0 Å². The molecule has 0 atom stereocenters. The molecule has 0 bridgehead atoms. The molecular formula is C17H12N2O2. The van der Waals surface area contributed by atoms with Crippen LogP contribution in [-0.2, 0) is 6.42 Å². The van der Waals surface area contributed by atoms with Crippen molar-refractivity contribution >= 4 is 22.0 Å². The Balaban J connectivity index is 1.79. The molecule has 0 unspecified atom stereocenters. The normalized spacial score (nSPS) is 11.2. The van der Waals surface area contributed by atoms with Crippen LogP contribution in [-0.4, -0.2) is 9.97 Å². The second-order valence-electron chi connectivity index (χ2n) is 5.04. The van der Waals surface area contributed by atoms with Gasteiger partial charge in [0.1, 0.15) is 5.52 Å². The van der Waals surface area contributed by atoms with Crippen molar-refractivity contribution in [3.63, 3.8) is 0 Å². The SMILES string of the molecule is O=c1[nH]c2ccccc2cc1Cc1ccc2ncoc2c1. The average Bonchev–Trinajstić information content (AvgIpc) is 2.95. The summed E-state index contributed by atoms with van der Waals surface area (Å²) in [7, 11) is 0. The highest BCUT2D eigenvalue weighted by Crippen LogP contribution is 2.17. The zero-order valence-corrected chi connectivity index (χ0v) is 11.2. The number of aromatic amines is 1. The van der Waals surface area contributed by atoms with Crippen LogP contribution in [0.3, 0.4) is 0 Å². The third-order valence-corrected chi connectivity index (χ3v) is 3.62. The van der Waals surface area contributed by atoms with Crippen molar-refractivity contribution in [2.45, 2.75) is 6.42 Å². The Morgan fingerprint density at radius 3 is 2.95 bits per heavy atom. The van der Waals surface area contributed by atoms with Crippen LogP contribution in [0.2, 0.25) is 0 Å². The van der Waals surface area contributed by atoms with Crippen molar-refractivity contribution in [1.29, 1.82) is 0 Å². The lowest BCUT2D eigenvalue weighted by Crippen LogP contribution is -2.12. The van der Waals surface area contributed by atoms with Gasteiger partial charge in [-0.2, -0.15) is 0 Å². The van der Waals surface area contributed by atoms with E-state index in [4.69, 9.17) is 4.42 Å². The predicted molar refractivity (Wildman–Crippen MR) is 81.4 cm³/mol. The average molecular weight is 276 g/mol. The lowest BCUT2D eigenvalue weighted by molar-refractivity contribution is 0.602. The Hall–Kier alpha value is -2.88. The van der Waals surface area contributed by atoms with Crippen LogP contribution in [0.15, 0.2) is 64.1 Å². The summed E-state index contributed by atoms with van der Waals surface area (Å²) in [6.45, 7) is 0. The highest BCUT2D eigenvalue weighted by Gasteiger charge is 2.06. The van der Waals surface area contributed by atoms with Crippen molar-refractivity contribution in [2.75, 3.05) is 0 Å². The maximum atomic E-state index is 12.2. The van der Waals surface area contributed by atoms with Gasteiger partial charge in [-0.3, -0.25) is 4.79 Å². The van der Waals surface area contributed by atoms with E-state index in [-0.39, 0.29) is 5.56 Å². The Labute approximate surface area is 120 Å². The van der Waals surface area contributed by atoms with Gasteiger partial charge in [-0.1, -0.05) is 24.3 Å². The number of rotatable bonds is 2. The van der Waals surface area contributed by atoms with E-state index in [9.17, 15) is 4.79 Å². The number of nitrogens with zero attached hydrogens (tertiary/aromatic N) is 1. The van der Waals surface area contributed by atoms with Gasteiger partial charge in [0.2, 0.25) is 0 Å². The van der Waals surface area contributed by atoms with Gasteiger partial charge in [0.05, 0.1) is 0 Å². The number of fused-ring (bicyclic) bond motifs is 2. The zero-order valence-electron chi connectivity index (χ0n) is 11.2. The number of oxazole rings is 1. The minimum atomic E-state index is -0.0497. The highest BCUT2D eigenvalue weighted by atomic mass is 16.3. The van der Waals surface area contributed by atoms with E-state index < -0.39 is 0 Å². The van der Waals surface area contributed by atoms with Crippen LogP contribution in [0.1, 0.15) is 11.1 Å². The standard InChI is InChI=1S/C17H12N2O2/c20-17-13(9-12-3-1-2-4-14(12)19-17)7-11-5-6-15-16(8-11)21-10-18-15/h1-6,8-10H,7H2,(H,19,20). The van der Waals surface area contributed by atoms with Crippen molar-refractivity contribution in [2.24, 2.45) is 0 Å². The molecule has 4 rings (SSSR count). The summed E-state index contributed by atoms with van der Waals surface area (Å²) in [5.74, 6) is 0. The molecule has 2 heterocycles. The molecule has 2 aromatic heterocycles. The summed E-state index contributed by atoms with van der Waals surface area (Å²) in [6, 6.07) is 15.5. The second kappa shape index (κ2) is 4.59. The van der Waals surface area contributed by atoms with E-state index in [0.717, 1.165) is 33.1 Å². The molecule has 0 fully saturated rings. The van der Waals surface area contributed by atoms with Gasteiger partial charge in [0, 0.05) is 17.5 Å². The number of hydrogen-bond acceptors (Lipinski definition) is 3. The molecule has 2 aromatic carbocycles. The molecule has 1 N–H and O–H groups in total. The van der Waals surface area contributed by atoms with E-state index in [0.29, 0.717) is 6.42 Å². The monoisotopic (exact) mass is 276 g/mol. The smallest absolute Gasteiger partial charge is 0.251 e. The summed E-state index contributed by atoms with van der Waals surface area (Å²) in [6.07, 6.45) is 1.99. The van der Waals surface area contributed by atoms with Crippen LogP contribution >= 0.6 is 0 Å². The first kappa shape index (κ1) is 11.9. The van der Waals surface area contributed by atoms with E-state index in [1.165, 1.54) is 6.39 Å². The van der Waals surface area contributed by atoms with Gasteiger partial charge < -0.3 is 9.40 Å². The molecule has 0 saturated carbocycles. The lowest BCUT2D eigenvalue weighted by atomic mass is 10.0. The number of benzene rings is 2. The minimum absolute atomic E-state index is 0.0497. The van der Waals surface area contributed by atoms with Crippen molar-refractivity contribution in [3.8, 4) is 0 Å². The third-order valence-electron chi connectivity index (χ3n) is 3.62. The Morgan fingerprint density at radius 1 is 1.10 bits per heavy atom. The summed E-state index contributed by atoms with van der Waals surface area (Å²) in [5.41, 5.74) is 4.15. The summed E-state index contributed by atoms with van der Waals surface area (Å²) in [4.78, 5) is 19.2. The largest absolute Gasteiger partial charge is 0.443 e. The third kappa shape index (κ3) is 2.10. The summed E-state index contributed by atoms with van der Waals surface area (Å²) < 4.78 is 5.30. The fraction of sp³-hybridized carbons (Fsp3) is 0.0588. The molecule has 21 heavy (non-hydrogen) atoms. The Kier molecular flexibility index (Phi) is 2.60. The number of nitrogens with one attached hydrogen (secondary N) is 1. The molecule has 0 aliphatic carbocycles. The molecule has 0 aliphatic heterocycles. The van der Waals surface area contributed by atoms with E-state index in [1.54, 1.807) is 0 Å². The maximum absolute atomic E-state index is 12.2. The molecular weight excluding hydrogens is 264 g/mol. The maximum Gasteiger partial charge on any atom is 0.251 e. The van der Waals surface area contributed by atoms with Crippen LogP contribution in [0.4, 0.5) is 0 Å². The molecule has 0 amide bonds. The first-order valence-corrected chi connectivity index (χ1v) is 6.73. The van der Waals surface area contributed by atoms with Gasteiger partial charge in [-0.05, 0) is 35.2 Å². The van der Waals surface area contributed by atoms with Crippen molar-refractivity contribution < 1.29 is 4.42 Å². The van der Waals surface area contributed by atoms with Crippen LogP contribution in [0.25, 0.3) is 22.0 Å². The summed E-state index contributed by atoms with van der Waals surface area (Å²) in [5, 5.41) is 1.04. The highest BCUT2D eigenvalue weighted by molar-refractivity contribution is 5.79. The molecule has 0 aliphatic rings. The zero-order chi connectivity index (χ0) is 14.2. The Morgan fingerprint density at radius 2 is 2.00 bits per heavy atom. The second-order valence-corrected chi connectivity index (χ2v) is 5.04. The number of pyridine rings is 1. The van der Waals surface area contributed by atoms with Crippen LogP contribution in [0.5, 0.6) is 0 Å². The number of para-hydroxylation sites is 1. The molecule has 102 valence electrons. The fourth-order valence-electron chi connectivity index (χ4n) is 2.55. The topological polar surface area (TPSA) is 58.9 Å².